The zero-order valence-corrected chi connectivity index (χ0v) is 39.8. The smallest absolute Gasteiger partial charge is 0.139 e. The molecule has 6 nitrogen and oxygen atoms in total. The standard InChI is InChI=1S/C66H46N4O2/c1-3-67-55-29-17-15-25-47(55)51-35-43(31-33-57(51)67)69(41-19-7-5-8-20-41)59-38-63-65(49-27-13-11-23-45(49)59)53-37-54-62(40-61(53)71-63)72-64-39-60(46-24-12-14-28-50(46)66(54)64)70(42-21-9-6-10-22-42)44-32-34-58-52(36-44)48-26-16-18-30-56(48)68(58)4-2/h5-40H,3-4H2,1-2H3. The lowest BCUT2D eigenvalue weighted by molar-refractivity contribution is 0.656. The Labute approximate surface area is 414 Å². The third kappa shape index (κ3) is 5.84. The first-order valence-electron chi connectivity index (χ1n) is 25.0. The lowest BCUT2D eigenvalue weighted by Crippen LogP contribution is -2.10. The van der Waals surface area contributed by atoms with Gasteiger partial charge in [0.2, 0.25) is 0 Å². The third-order valence-electron chi connectivity index (χ3n) is 15.2. The Kier molecular flexibility index (Phi) is 8.81. The monoisotopic (exact) mass is 926 g/mol. The molecule has 4 heterocycles. The van der Waals surface area contributed by atoms with Crippen LogP contribution in [-0.2, 0) is 13.1 Å². The predicted molar refractivity (Wildman–Crippen MR) is 303 cm³/mol. The summed E-state index contributed by atoms with van der Waals surface area (Å²) in [5.41, 5.74) is 14.6. The number of benzene rings is 11. The first-order valence-corrected chi connectivity index (χ1v) is 25.0. The molecule has 0 saturated carbocycles. The number of nitrogens with zero attached hydrogens (tertiary/aromatic N) is 4. The van der Waals surface area contributed by atoms with Crippen LogP contribution in [0.25, 0.3) is 109 Å². The number of aromatic nitrogens is 2. The van der Waals surface area contributed by atoms with Crippen LogP contribution in [0.15, 0.2) is 227 Å². The molecule has 342 valence electrons. The number of furan rings is 2. The highest BCUT2D eigenvalue weighted by atomic mass is 16.3. The number of hydrogen-bond acceptors (Lipinski definition) is 4. The Morgan fingerprint density at radius 2 is 0.667 bits per heavy atom. The van der Waals surface area contributed by atoms with Gasteiger partial charge in [0, 0.05) is 130 Å². The van der Waals surface area contributed by atoms with Gasteiger partial charge in [-0.1, -0.05) is 121 Å². The molecule has 0 saturated heterocycles. The van der Waals surface area contributed by atoms with Gasteiger partial charge in [0.15, 0.2) is 0 Å². The van der Waals surface area contributed by atoms with E-state index in [4.69, 9.17) is 8.83 Å². The van der Waals surface area contributed by atoms with Crippen molar-refractivity contribution < 1.29 is 8.83 Å². The molecule has 0 amide bonds. The van der Waals surface area contributed by atoms with Gasteiger partial charge in [-0.15, -0.1) is 0 Å². The normalized spacial score (nSPS) is 12.1. The topological polar surface area (TPSA) is 42.6 Å². The van der Waals surface area contributed by atoms with Gasteiger partial charge in [0.05, 0.1) is 11.4 Å². The molecular formula is C66H46N4O2. The highest BCUT2D eigenvalue weighted by Gasteiger charge is 2.25. The van der Waals surface area contributed by atoms with Crippen LogP contribution < -0.4 is 9.80 Å². The molecule has 0 radical (unpaired) electrons. The molecule has 0 N–H and O–H groups in total. The maximum atomic E-state index is 7.01. The molecule has 0 unspecified atom stereocenters. The van der Waals surface area contributed by atoms with E-state index in [1.54, 1.807) is 0 Å². The number of para-hydroxylation sites is 4. The number of fused-ring (bicyclic) bond motifs is 16. The second-order valence-corrected chi connectivity index (χ2v) is 18.9. The first-order chi connectivity index (χ1) is 35.6. The Balaban J connectivity index is 0.937. The van der Waals surface area contributed by atoms with Crippen molar-refractivity contribution in [3.05, 3.63) is 218 Å². The van der Waals surface area contributed by atoms with Crippen LogP contribution in [0.5, 0.6) is 0 Å². The average molecular weight is 927 g/mol. The van der Waals surface area contributed by atoms with Gasteiger partial charge < -0.3 is 27.8 Å². The summed E-state index contributed by atoms with van der Waals surface area (Å²) >= 11 is 0. The Bertz CT molecular complexity index is 4380. The summed E-state index contributed by atoms with van der Waals surface area (Å²) in [6, 6.07) is 79.1. The molecule has 15 aromatic rings. The molecule has 72 heavy (non-hydrogen) atoms. The zero-order chi connectivity index (χ0) is 47.6. The minimum Gasteiger partial charge on any atom is -0.456 e. The van der Waals surface area contributed by atoms with E-state index in [9.17, 15) is 0 Å². The van der Waals surface area contributed by atoms with E-state index in [2.05, 4.69) is 251 Å². The van der Waals surface area contributed by atoms with E-state index in [1.807, 2.05) is 0 Å². The maximum Gasteiger partial charge on any atom is 0.139 e. The molecule has 0 bridgehead atoms. The molecule has 6 heteroatoms. The summed E-state index contributed by atoms with van der Waals surface area (Å²) in [4.78, 5) is 4.77. The second-order valence-electron chi connectivity index (χ2n) is 18.9. The van der Waals surface area contributed by atoms with Crippen molar-refractivity contribution in [2.75, 3.05) is 9.80 Å². The zero-order valence-electron chi connectivity index (χ0n) is 39.8. The predicted octanol–water partition coefficient (Wildman–Crippen LogP) is 19.0. The summed E-state index contributed by atoms with van der Waals surface area (Å²) in [6.07, 6.45) is 0. The lowest BCUT2D eigenvalue weighted by atomic mass is 9.98. The van der Waals surface area contributed by atoms with Gasteiger partial charge in [0.25, 0.3) is 0 Å². The fourth-order valence-corrected chi connectivity index (χ4v) is 12.2. The molecule has 0 spiro atoms. The number of anilines is 6. The van der Waals surface area contributed by atoms with Crippen molar-refractivity contribution in [1.29, 1.82) is 0 Å². The summed E-state index contributed by atoms with van der Waals surface area (Å²) in [5, 5.41) is 13.8. The van der Waals surface area contributed by atoms with Crippen molar-refractivity contribution in [2.45, 2.75) is 26.9 Å². The van der Waals surface area contributed by atoms with Crippen molar-refractivity contribution in [3.63, 3.8) is 0 Å². The van der Waals surface area contributed by atoms with Crippen LogP contribution in [0.3, 0.4) is 0 Å². The fraction of sp³-hybridized carbons (Fsp3) is 0.0606. The largest absolute Gasteiger partial charge is 0.456 e. The van der Waals surface area contributed by atoms with Crippen LogP contribution in [0, 0.1) is 0 Å². The van der Waals surface area contributed by atoms with E-state index in [0.717, 1.165) is 113 Å². The van der Waals surface area contributed by atoms with Crippen LogP contribution in [0.4, 0.5) is 34.1 Å². The summed E-state index contributed by atoms with van der Waals surface area (Å²) in [6.45, 7) is 6.23. The third-order valence-corrected chi connectivity index (χ3v) is 15.2. The number of aryl methyl sites for hydroxylation is 2. The maximum absolute atomic E-state index is 7.01. The molecule has 0 aliphatic heterocycles. The van der Waals surface area contributed by atoms with E-state index < -0.39 is 0 Å². The molecule has 11 aromatic carbocycles. The van der Waals surface area contributed by atoms with Crippen LogP contribution in [0.2, 0.25) is 0 Å². The van der Waals surface area contributed by atoms with E-state index in [1.165, 1.54) is 43.6 Å². The van der Waals surface area contributed by atoms with Gasteiger partial charge in [-0.05, 0) is 103 Å². The van der Waals surface area contributed by atoms with Gasteiger partial charge in [-0.2, -0.15) is 0 Å². The second kappa shape index (κ2) is 15.6. The van der Waals surface area contributed by atoms with E-state index in [-0.39, 0.29) is 0 Å². The van der Waals surface area contributed by atoms with Crippen molar-refractivity contribution in [2.24, 2.45) is 0 Å². The van der Waals surface area contributed by atoms with Gasteiger partial charge >= 0.3 is 0 Å². The highest BCUT2D eigenvalue weighted by Crippen LogP contribution is 2.49. The minimum atomic E-state index is 0.786. The molecular weight excluding hydrogens is 881 g/mol. The van der Waals surface area contributed by atoms with Crippen molar-refractivity contribution >= 4 is 143 Å². The van der Waals surface area contributed by atoms with Gasteiger partial charge in [-0.3, -0.25) is 0 Å². The molecule has 15 rings (SSSR count). The van der Waals surface area contributed by atoms with E-state index in [0.29, 0.717) is 0 Å². The minimum absolute atomic E-state index is 0.786. The molecule has 0 aliphatic rings. The van der Waals surface area contributed by atoms with Crippen molar-refractivity contribution in [3.8, 4) is 0 Å². The van der Waals surface area contributed by atoms with Gasteiger partial charge in [0.1, 0.15) is 22.3 Å². The van der Waals surface area contributed by atoms with Gasteiger partial charge in [-0.25, -0.2) is 0 Å². The molecule has 0 aliphatic carbocycles. The van der Waals surface area contributed by atoms with Crippen LogP contribution >= 0.6 is 0 Å². The Morgan fingerprint density at radius 3 is 1.10 bits per heavy atom. The number of rotatable bonds is 8. The Hall–Kier alpha value is -9.26. The first kappa shape index (κ1) is 40.6. The van der Waals surface area contributed by atoms with Crippen molar-refractivity contribution in [1.82, 2.24) is 9.13 Å². The molecule has 0 atom stereocenters. The van der Waals surface area contributed by atoms with Crippen LogP contribution in [0.1, 0.15) is 13.8 Å². The average Bonchev–Trinajstić information content (AvgIpc) is 4.18. The highest BCUT2D eigenvalue weighted by molar-refractivity contribution is 6.28. The summed E-state index contributed by atoms with van der Waals surface area (Å²) in [5.74, 6) is 0. The Morgan fingerprint density at radius 1 is 0.292 bits per heavy atom. The molecule has 0 fully saturated rings. The lowest BCUT2D eigenvalue weighted by Gasteiger charge is -2.27. The van der Waals surface area contributed by atoms with Crippen LogP contribution in [-0.4, -0.2) is 9.13 Å². The SMILES string of the molecule is CCn1c2ccccc2c2cc(N(c3ccccc3)c3cc4oc5cc6oc7cc(N(c8ccccc8)c8ccc9c(c8)c8ccccc8n9CC)c8ccccc8c7c6cc5c4c4ccccc34)ccc21. The molecule has 4 aromatic heterocycles. The quantitative estimate of drug-likeness (QED) is 0.152. The van der Waals surface area contributed by atoms with E-state index >= 15 is 0 Å². The fourth-order valence-electron chi connectivity index (χ4n) is 12.2. The summed E-state index contributed by atoms with van der Waals surface area (Å²) in [7, 11) is 0. The summed E-state index contributed by atoms with van der Waals surface area (Å²) < 4.78 is 18.8. The number of hydrogen-bond donors (Lipinski definition) is 0.